The van der Waals surface area contributed by atoms with Crippen molar-refractivity contribution in [3.05, 3.63) is 24.3 Å². The fourth-order valence-electron chi connectivity index (χ4n) is 4.08. The van der Waals surface area contributed by atoms with Crippen LogP contribution in [0, 0.1) is 0 Å². The lowest BCUT2D eigenvalue weighted by Crippen LogP contribution is -2.48. The van der Waals surface area contributed by atoms with Crippen LogP contribution in [0.1, 0.15) is 52.9 Å². The van der Waals surface area contributed by atoms with Crippen LogP contribution in [0.3, 0.4) is 0 Å². The Hall–Kier alpha value is -2.61. The van der Waals surface area contributed by atoms with Gasteiger partial charge in [0.1, 0.15) is 11.6 Å². The van der Waals surface area contributed by atoms with Gasteiger partial charge in [-0.2, -0.15) is 0 Å². The van der Waals surface area contributed by atoms with Crippen LogP contribution in [-0.4, -0.2) is 60.6 Å². The maximum atomic E-state index is 13.0. The predicted molar refractivity (Wildman–Crippen MR) is 120 cm³/mol. The molecule has 0 saturated carbocycles. The fourth-order valence-corrected chi connectivity index (χ4v) is 4.08. The maximum absolute atomic E-state index is 13.0. The van der Waals surface area contributed by atoms with E-state index in [0.717, 1.165) is 49.4 Å². The Balaban J connectivity index is 1.58. The molecule has 0 unspecified atom stereocenters. The van der Waals surface area contributed by atoms with Gasteiger partial charge in [-0.25, -0.2) is 9.69 Å². The third-order valence-corrected chi connectivity index (χ3v) is 6.10. The second-order valence-corrected chi connectivity index (χ2v) is 8.56. The minimum Gasteiger partial charge on any atom is -0.378 e. The average molecular weight is 431 g/mol. The van der Waals surface area contributed by atoms with Crippen molar-refractivity contribution in [2.75, 3.05) is 36.5 Å². The molecule has 0 radical (unpaired) electrons. The SMILES string of the molecule is CCCCCC[C@@]1(C)NC(=O)N([C@H](C)C(=O)Nc2ccc(N3CCOCC3)cc2)C1=O. The van der Waals surface area contributed by atoms with Crippen LogP contribution in [0.15, 0.2) is 24.3 Å². The van der Waals surface area contributed by atoms with Crippen molar-refractivity contribution in [2.45, 2.75) is 64.5 Å². The molecule has 8 nitrogen and oxygen atoms in total. The minimum atomic E-state index is -0.945. The Morgan fingerprint density at radius 3 is 2.48 bits per heavy atom. The van der Waals surface area contributed by atoms with Gasteiger partial charge >= 0.3 is 6.03 Å². The highest BCUT2D eigenvalue weighted by Gasteiger charge is 2.50. The highest BCUT2D eigenvalue weighted by atomic mass is 16.5. The number of rotatable bonds is 9. The van der Waals surface area contributed by atoms with Crippen molar-refractivity contribution < 1.29 is 19.1 Å². The van der Waals surface area contributed by atoms with Crippen LogP contribution < -0.4 is 15.5 Å². The van der Waals surface area contributed by atoms with Gasteiger partial charge in [0.05, 0.1) is 13.2 Å². The maximum Gasteiger partial charge on any atom is 0.325 e. The summed E-state index contributed by atoms with van der Waals surface area (Å²) >= 11 is 0. The van der Waals surface area contributed by atoms with E-state index in [2.05, 4.69) is 22.5 Å². The Labute approximate surface area is 184 Å². The van der Waals surface area contributed by atoms with Crippen molar-refractivity contribution >= 4 is 29.2 Å². The van der Waals surface area contributed by atoms with E-state index in [4.69, 9.17) is 4.74 Å². The summed E-state index contributed by atoms with van der Waals surface area (Å²) in [4.78, 5) is 41.5. The molecular weight excluding hydrogens is 396 g/mol. The smallest absolute Gasteiger partial charge is 0.325 e. The standard InChI is InChI=1S/C23H34N4O4/c1-4-5-6-7-12-23(3)21(29)27(22(30)25-23)17(2)20(28)24-18-8-10-19(11-9-18)26-13-15-31-16-14-26/h8-11,17H,4-7,12-16H2,1-3H3,(H,24,28)(H,25,30)/t17-,23-/m1/s1. The summed E-state index contributed by atoms with van der Waals surface area (Å²) in [6.45, 7) is 8.55. The minimum absolute atomic E-state index is 0.334. The van der Waals surface area contributed by atoms with Gasteiger partial charge in [-0.05, 0) is 44.5 Å². The van der Waals surface area contributed by atoms with E-state index in [1.807, 2.05) is 24.3 Å². The fraction of sp³-hybridized carbons (Fsp3) is 0.609. The van der Waals surface area contributed by atoms with E-state index < -0.39 is 23.5 Å². The van der Waals surface area contributed by atoms with Gasteiger partial charge in [-0.1, -0.05) is 32.6 Å². The normalized spacial score (nSPS) is 22.4. The van der Waals surface area contributed by atoms with Crippen molar-refractivity contribution in [3.63, 3.8) is 0 Å². The molecule has 0 aliphatic carbocycles. The third kappa shape index (κ3) is 5.36. The molecule has 0 aromatic heterocycles. The summed E-state index contributed by atoms with van der Waals surface area (Å²) in [6.07, 6.45) is 4.66. The largest absolute Gasteiger partial charge is 0.378 e. The first-order chi connectivity index (χ1) is 14.9. The Bertz CT molecular complexity index is 791. The molecule has 2 aliphatic rings. The lowest BCUT2D eigenvalue weighted by atomic mass is 9.94. The van der Waals surface area contributed by atoms with Gasteiger partial charge in [0.25, 0.3) is 5.91 Å². The quantitative estimate of drug-likeness (QED) is 0.464. The van der Waals surface area contributed by atoms with Crippen LogP contribution >= 0.6 is 0 Å². The molecular formula is C23H34N4O4. The number of hydrogen-bond donors (Lipinski definition) is 2. The number of urea groups is 1. The predicted octanol–water partition coefficient (Wildman–Crippen LogP) is 3.13. The number of hydrogen-bond acceptors (Lipinski definition) is 5. The van der Waals surface area contributed by atoms with Crippen molar-refractivity contribution in [3.8, 4) is 0 Å². The number of nitrogens with one attached hydrogen (secondary N) is 2. The highest BCUT2D eigenvalue weighted by molar-refractivity contribution is 6.11. The van der Waals surface area contributed by atoms with E-state index in [9.17, 15) is 14.4 Å². The van der Waals surface area contributed by atoms with Crippen LogP contribution in [0.25, 0.3) is 0 Å². The molecule has 2 saturated heterocycles. The lowest BCUT2D eigenvalue weighted by molar-refractivity contribution is -0.136. The number of morpholine rings is 1. The van der Waals surface area contributed by atoms with Gasteiger partial charge in [0.15, 0.2) is 0 Å². The van der Waals surface area contributed by atoms with Gasteiger partial charge in [-0.15, -0.1) is 0 Å². The molecule has 1 aromatic carbocycles. The first kappa shape index (κ1) is 23.1. The molecule has 1 aromatic rings. The zero-order valence-corrected chi connectivity index (χ0v) is 18.8. The number of carbonyl (C=O) groups is 3. The topological polar surface area (TPSA) is 91.0 Å². The number of imide groups is 1. The van der Waals surface area contributed by atoms with Gasteiger partial charge in [0.2, 0.25) is 5.91 Å². The number of nitrogens with zero attached hydrogens (tertiary/aromatic N) is 2. The number of amides is 4. The summed E-state index contributed by atoms with van der Waals surface area (Å²) in [5.74, 6) is -0.725. The number of ether oxygens (including phenoxy) is 1. The average Bonchev–Trinajstić information content (AvgIpc) is 3.00. The number of benzene rings is 1. The lowest BCUT2D eigenvalue weighted by Gasteiger charge is -2.29. The third-order valence-electron chi connectivity index (χ3n) is 6.10. The Morgan fingerprint density at radius 1 is 1.16 bits per heavy atom. The van der Waals surface area contributed by atoms with E-state index in [1.54, 1.807) is 13.8 Å². The summed E-state index contributed by atoms with van der Waals surface area (Å²) in [5, 5.41) is 5.61. The van der Waals surface area contributed by atoms with E-state index in [1.165, 1.54) is 0 Å². The van der Waals surface area contributed by atoms with Crippen molar-refractivity contribution in [1.82, 2.24) is 10.2 Å². The molecule has 4 amide bonds. The molecule has 170 valence electrons. The molecule has 8 heteroatoms. The van der Waals surface area contributed by atoms with E-state index >= 15 is 0 Å². The molecule has 2 heterocycles. The Kier molecular flexibility index (Phi) is 7.54. The molecule has 0 spiro atoms. The van der Waals surface area contributed by atoms with Crippen LogP contribution in [0.5, 0.6) is 0 Å². The molecule has 2 aliphatic heterocycles. The second-order valence-electron chi connectivity index (χ2n) is 8.56. The van der Waals surface area contributed by atoms with E-state index in [-0.39, 0.29) is 5.91 Å². The molecule has 2 N–H and O–H groups in total. The van der Waals surface area contributed by atoms with Gasteiger partial charge in [0, 0.05) is 24.5 Å². The number of carbonyl (C=O) groups excluding carboxylic acids is 3. The monoisotopic (exact) mass is 430 g/mol. The molecule has 31 heavy (non-hydrogen) atoms. The van der Waals surface area contributed by atoms with Crippen molar-refractivity contribution in [1.29, 1.82) is 0 Å². The zero-order valence-electron chi connectivity index (χ0n) is 18.8. The summed E-state index contributed by atoms with van der Waals surface area (Å²) in [6, 6.07) is 6.16. The molecule has 0 bridgehead atoms. The number of anilines is 2. The molecule has 3 rings (SSSR count). The number of unbranched alkanes of at least 4 members (excludes halogenated alkanes) is 3. The molecule has 2 atom stereocenters. The first-order valence-electron chi connectivity index (χ1n) is 11.2. The first-order valence-corrected chi connectivity index (χ1v) is 11.2. The Morgan fingerprint density at radius 2 is 1.84 bits per heavy atom. The zero-order chi connectivity index (χ0) is 22.4. The second kappa shape index (κ2) is 10.1. The van der Waals surface area contributed by atoms with Crippen LogP contribution in [-0.2, 0) is 14.3 Å². The van der Waals surface area contributed by atoms with Crippen molar-refractivity contribution in [2.24, 2.45) is 0 Å². The summed E-state index contributed by atoms with van der Waals surface area (Å²) in [7, 11) is 0. The van der Waals surface area contributed by atoms with E-state index in [0.29, 0.717) is 25.3 Å². The highest BCUT2D eigenvalue weighted by Crippen LogP contribution is 2.26. The summed E-state index contributed by atoms with van der Waals surface area (Å²) in [5.41, 5.74) is 0.754. The molecule has 2 fully saturated rings. The van der Waals surface area contributed by atoms with Gasteiger partial charge < -0.3 is 20.3 Å². The van der Waals surface area contributed by atoms with Crippen LogP contribution in [0.2, 0.25) is 0 Å². The van der Waals surface area contributed by atoms with Gasteiger partial charge in [-0.3, -0.25) is 9.59 Å². The van der Waals surface area contributed by atoms with Crippen LogP contribution in [0.4, 0.5) is 16.2 Å². The summed E-state index contributed by atoms with van der Waals surface area (Å²) < 4.78 is 5.37.